The first-order valence-corrected chi connectivity index (χ1v) is 10.2. The number of amides is 2. The van der Waals surface area contributed by atoms with Crippen LogP contribution in [0.15, 0.2) is 24.3 Å². The minimum absolute atomic E-state index is 0.0200. The molecule has 146 valence electrons. The van der Waals surface area contributed by atoms with Gasteiger partial charge in [0.15, 0.2) is 0 Å². The first-order chi connectivity index (χ1) is 13.0. The lowest BCUT2D eigenvalue weighted by Gasteiger charge is -2.45. The fraction of sp³-hybridized carbons (Fsp3) is 0.619. The predicted octanol–water partition coefficient (Wildman–Crippen LogP) is 2.67. The van der Waals surface area contributed by atoms with Crippen molar-refractivity contribution in [3.8, 4) is 0 Å². The summed E-state index contributed by atoms with van der Waals surface area (Å²) in [4.78, 5) is 29.9. The van der Waals surface area contributed by atoms with E-state index < -0.39 is 5.54 Å². The second-order valence-corrected chi connectivity index (χ2v) is 8.39. The van der Waals surface area contributed by atoms with Gasteiger partial charge in [0.25, 0.3) is 0 Å². The third-order valence-electron chi connectivity index (χ3n) is 6.65. The Hall–Kier alpha value is -2.08. The molecule has 0 bridgehead atoms. The molecule has 6 nitrogen and oxygen atoms in total. The summed E-state index contributed by atoms with van der Waals surface area (Å²) in [5, 5.41) is 6.49. The van der Waals surface area contributed by atoms with E-state index in [1.165, 1.54) is 19.3 Å². The number of hydrogen-bond donors (Lipinski definition) is 2. The van der Waals surface area contributed by atoms with E-state index in [1.54, 1.807) is 0 Å². The van der Waals surface area contributed by atoms with Gasteiger partial charge >= 0.3 is 0 Å². The number of rotatable bonds is 2. The Morgan fingerprint density at radius 2 is 1.74 bits per heavy atom. The molecule has 2 atom stereocenters. The molecule has 3 heterocycles. The Bertz CT molecular complexity index is 717. The van der Waals surface area contributed by atoms with Gasteiger partial charge in [-0.25, -0.2) is 0 Å². The smallest absolute Gasteiger partial charge is 0.250 e. The highest BCUT2D eigenvalue weighted by molar-refractivity contribution is 6.06. The van der Waals surface area contributed by atoms with Crippen molar-refractivity contribution >= 4 is 23.2 Å². The van der Waals surface area contributed by atoms with Gasteiger partial charge in [-0.05, 0) is 51.7 Å². The molecule has 1 aromatic rings. The summed E-state index contributed by atoms with van der Waals surface area (Å²) in [6, 6.07) is 8.73. The molecule has 3 aliphatic heterocycles. The standard InChI is InChI=1S/C21H30N4O2/c1-15-6-5-7-16(2)25(15)14-19(26)24-12-10-21(11-13-24)20(27)22-17-8-3-4-9-18(17)23-21/h3-4,8-9,15-16,23H,5-7,10-14H2,1-2H3,(H,22,27). The fourth-order valence-corrected chi connectivity index (χ4v) is 4.79. The molecule has 6 heteroatoms. The van der Waals surface area contributed by atoms with E-state index in [4.69, 9.17) is 0 Å². The maximum Gasteiger partial charge on any atom is 0.250 e. The van der Waals surface area contributed by atoms with Crippen LogP contribution in [0.5, 0.6) is 0 Å². The molecule has 0 radical (unpaired) electrons. The lowest BCUT2D eigenvalue weighted by atomic mass is 9.84. The minimum Gasteiger partial charge on any atom is -0.369 e. The molecule has 27 heavy (non-hydrogen) atoms. The number of para-hydroxylation sites is 2. The van der Waals surface area contributed by atoms with Gasteiger partial charge < -0.3 is 15.5 Å². The van der Waals surface area contributed by atoms with Crippen LogP contribution in [0.2, 0.25) is 0 Å². The zero-order valence-corrected chi connectivity index (χ0v) is 16.3. The highest BCUT2D eigenvalue weighted by Crippen LogP contribution is 2.36. The average molecular weight is 370 g/mol. The van der Waals surface area contributed by atoms with Crippen molar-refractivity contribution in [1.29, 1.82) is 0 Å². The van der Waals surface area contributed by atoms with Crippen LogP contribution in [-0.2, 0) is 9.59 Å². The fourth-order valence-electron chi connectivity index (χ4n) is 4.79. The Kier molecular flexibility index (Phi) is 4.84. The number of carbonyl (C=O) groups is 2. The van der Waals surface area contributed by atoms with Crippen molar-refractivity contribution in [2.75, 3.05) is 30.3 Å². The molecule has 0 saturated carbocycles. The molecule has 0 aromatic heterocycles. The van der Waals surface area contributed by atoms with Gasteiger partial charge in [-0.2, -0.15) is 0 Å². The zero-order valence-electron chi connectivity index (χ0n) is 16.3. The number of hydrogen-bond acceptors (Lipinski definition) is 4. The van der Waals surface area contributed by atoms with Crippen LogP contribution in [0.4, 0.5) is 11.4 Å². The first kappa shape index (κ1) is 18.3. The molecule has 1 aromatic carbocycles. The number of carbonyl (C=O) groups excluding carboxylic acids is 2. The monoisotopic (exact) mass is 370 g/mol. The van der Waals surface area contributed by atoms with Crippen molar-refractivity contribution in [1.82, 2.24) is 9.80 Å². The van der Waals surface area contributed by atoms with Gasteiger partial charge in [-0.15, -0.1) is 0 Å². The Labute approximate surface area is 161 Å². The zero-order chi connectivity index (χ0) is 19.0. The summed E-state index contributed by atoms with van der Waals surface area (Å²) in [6.45, 7) is 6.19. The molecule has 3 aliphatic rings. The lowest BCUT2D eigenvalue weighted by Crippen LogP contribution is -2.60. The van der Waals surface area contributed by atoms with Crippen LogP contribution in [0.25, 0.3) is 0 Å². The van der Waals surface area contributed by atoms with Crippen LogP contribution in [0.1, 0.15) is 46.0 Å². The molecule has 2 unspecified atom stereocenters. The molecule has 2 saturated heterocycles. The molecular weight excluding hydrogens is 340 g/mol. The molecule has 2 N–H and O–H groups in total. The quantitative estimate of drug-likeness (QED) is 0.840. The molecule has 4 rings (SSSR count). The number of nitrogens with zero attached hydrogens (tertiary/aromatic N) is 2. The largest absolute Gasteiger partial charge is 0.369 e. The van der Waals surface area contributed by atoms with Crippen LogP contribution >= 0.6 is 0 Å². The Morgan fingerprint density at radius 3 is 2.41 bits per heavy atom. The van der Waals surface area contributed by atoms with Crippen molar-refractivity contribution in [3.05, 3.63) is 24.3 Å². The van der Waals surface area contributed by atoms with Gasteiger partial charge in [-0.1, -0.05) is 18.6 Å². The summed E-state index contributed by atoms with van der Waals surface area (Å²) in [5.41, 5.74) is 1.20. The van der Waals surface area contributed by atoms with Gasteiger partial charge in [0.1, 0.15) is 5.54 Å². The molecule has 2 fully saturated rings. The summed E-state index contributed by atoms with van der Waals surface area (Å²) in [6.07, 6.45) is 4.88. The molecule has 0 aliphatic carbocycles. The number of nitrogens with one attached hydrogen (secondary N) is 2. The van der Waals surface area contributed by atoms with Gasteiger partial charge in [0.05, 0.1) is 17.9 Å². The van der Waals surface area contributed by atoms with E-state index in [2.05, 4.69) is 29.4 Å². The Balaban J connectivity index is 1.39. The molecule has 1 spiro atoms. The Morgan fingerprint density at radius 1 is 1.11 bits per heavy atom. The van der Waals surface area contributed by atoms with Crippen molar-refractivity contribution in [3.63, 3.8) is 0 Å². The van der Waals surface area contributed by atoms with E-state index in [1.807, 2.05) is 29.2 Å². The van der Waals surface area contributed by atoms with E-state index in [9.17, 15) is 9.59 Å². The van der Waals surface area contributed by atoms with Crippen LogP contribution in [0.3, 0.4) is 0 Å². The van der Waals surface area contributed by atoms with Gasteiger partial charge in [0.2, 0.25) is 11.8 Å². The van der Waals surface area contributed by atoms with Gasteiger partial charge in [-0.3, -0.25) is 14.5 Å². The summed E-state index contributed by atoms with van der Waals surface area (Å²) in [5.74, 6) is 0.216. The second-order valence-electron chi connectivity index (χ2n) is 8.39. The average Bonchev–Trinajstić information content (AvgIpc) is 2.66. The first-order valence-electron chi connectivity index (χ1n) is 10.2. The molecular formula is C21H30N4O2. The summed E-state index contributed by atoms with van der Waals surface area (Å²) in [7, 11) is 0. The number of benzene rings is 1. The minimum atomic E-state index is -0.600. The number of piperidine rings is 2. The van der Waals surface area contributed by atoms with E-state index in [0.29, 0.717) is 44.6 Å². The van der Waals surface area contributed by atoms with Crippen molar-refractivity contribution in [2.24, 2.45) is 0 Å². The van der Waals surface area contributed by atoms with E-state index >= 15 is 0 Å². The predicted molar refractivity (Wildman–Crippen MR) is 107 cm³/mol. The maximum atomic E-state index is 12.9. The number of likely N-dealkylation sites (tertiary alicyclic amines) is 2. The molecule has 2 amide bonds. The summed E-state index contributed by atoms with van der Waals surface area (Å²) < 4.78 is 0. The SMILES string of the molecule is CC1CCCC(C)N1CC(=O)N1CCC2(CC1)Nc1ccccc1NC2=O. The van der Waals surface area contributed by atoms with E-state index in [-0.39, 0.29) is 11.8 Å². The van der Waals surface area contributed by atoms with Crippen molar-refractivity contribution < 1.29 is 9.59 Å². The highest BCUT2D eigenvalue weighted by atomic mass is 16.2. The van der Waals surface area contributed by atoms with E-state index in [0.717, 1.165) is 11.4 Å². The number of anilines is 2. The topological polar surface area (TPSA) is 64.7 Å². The van der Waals surface area contributed by atoms with Crippen LogP contribution in [0, 0.1) is 0 Å². The highest BCUT2D eigenvalue weighted by Gasteiger charge is 2.45. The number of fused-ring (bicyclic) bond motifs is 1. The lowest BCUT2D eigenvalue weighted by molar-refractivity contribution is -0.137. The van der Waals surface area contributed by atoms with Crippen LogP contribution in [-0.4, -0.2) is 58.9 Å². The van der Waals surface area contributed by atoms with Crippen molar-refractivity contribution in [2.45, 2.75) is 63.6 Å². The summed E-state index contributed by atoms with van der Waals surface area (Å²) >= 11 is 0. The third kappa shape index (κ3) is 3.43. The third-order valence-corrected chi connectivity index (χ3v) is 6.65. The maximum absolute atomic E-state index is 12.9. The normalized spacial score (nSPS) is 27.6. The van der Waals surface area contributed by atoms with Crippen LogP contribution < -0.4 is 10.6 Å². The second kappa shape index (κ2) is 7.15. The van der Waals surface area contributed by atoms with Gasteiger partial charge in [0, 0.05) is 25.2 Å².